The summed E-state index contributed by atoms with van der Waals surface area (Å²) >= 11 is 0. The van der Waals surface area contributed by atoms with Crippen LogP contribution in [-0.2, 0) is 20.3 Å². The Balaban J connectivity index is 2.28. The third-order valence-electron chi connectivity index (χ3n) is 4.33. The highest BCUT2D eigenvalue weighted by Gasteiger charge is 2.52. The summed E-state index contributed by atoms with van der Waals surface area (Å²) in [5.41, 5.74) is 1.95. The van der Waals surface area contributed by atoms with Gasteiger partial charge < -0.3 is 15.1 Å². The van der Waals surface area contributed by atoms with Crippen molar-refractivity contribution in [2.45, 2.75) is 37.1 Å². The lowest BCUT2D eigenvalue weighted by molar-refractivity contribution is -0.161. The second-order valence-corrected chi connectivity index (χ2v) is 7.77. The summed E-state index contributed by atoms with van der Waals surface area (Å²) in [6.45, 7) is 2.71. The van der Waals surface area contributed by atoms with Crippen LogP contribution >= 0.6 is 0 Å². The second-order valence-electron chi connectivity index (χ2n) is 6.29. The minimum atomic E-state index is -3.38. The number of hydrogen-bond donors (Lipinski definition) is 4. The molecule has 1 saturated heterocycles. The fraction of sp³-hybridized carbons (Fsp3) is 0.375. The number of phenolic OH excluding ortho intramolecular Hbond substituents is 1. The van der Waals surface area contributed by atoms with E-state index in [2.05, 4.69) is 5.10 Å². The summed E-state index contributed by atoms with van der Waals surface area (Å²) < 4.78 is 21.6. The van der Waals surface area contributed by atoms with Crippen LogP contribution in [0.1, 0.15) is 30.6 Å². The maximum absolute atomic E-state index is 12.0. The number of likely N-dealkylation sites (tertiary alicyclic amines) is 1. The van der Waals surface area contributed by atoms with E-state index < -0.39 is 45.3 Å². The maximum atomic E-state index is 12.0. The van der Waals surface area contributed by atoms with Crippen LogP contribution in [0.15, 0.2) is 29.4 Å². The second kappa shape index (κ2) is 7.74. The zero-order valence-corrected chi connectivity index (χ0v) is 15.4. The van der Waals surface area contributed by atoms with Crippen molar-refractivity contribution in [1.82, 2.24) is 10.3 Å². The zero-order valence-electron chi connectivity index (χ0n) is 14.5. The van der Waals surface area contributed by atoms with Gasteiger partial charge in [-0.15, -0.1) is 0 Å². The summed E-state index contributed by atoms with van der Waals surface area (Å²) in [5, 5.41) is 22.7. The molecule has 1 aliphatic heterocycles. The number of aliphatic carboxylic acids is 1. The molecule has 1 aliphatic rings. The maximum Gasteiger partial charge on any atom is 0.328 e. The van der Waals surface area contributed by atoms with Crippen molar-refractivity contribution in [2.75, 3.05) is 0 Å². The number of β-lactam (4-membered cyclic amide) rings is 1. The highest BCUT2D eigenvalue weighted by Crippen LogP contribution is 2.29. The van der Waals surface area contributed by atoms with Gasteiger partial charge in [-0.2, -0.15) is 5.10 Å². The quantitative estimate of drug-likeness (QED) is 0.210. The number of hydrogen-bond acceptors (Lipinski definition) is 7. The number of phenols is 1. The Labute approximate surface area is 156 Å². The Morgan fingerprint density at radius 1 is 1.41 bits per heavy atom. The summed E-state index contributed by atoms with van der Waals surface area (Å²) in [6.07, 6.45) is 0.893. The van der Waals surface area contributed by atoms with Crippen LogP contribution in [0, 0.1) is 0 Å². The van der Waals surface area contributed by atoms with Gasteiger partial charge in [0, 0.05) is 18.7 Å². The predicted octanol–water partition coefficient (Wildman–Crippen LogP) is -0.448. The lowest BCUT2D eigenvalue weighted by atomic mass is 9.92. The van der Waals surface area contributed by atoms with E-state index in [4.69, 9.17) is 0 Å². The molecule has 0 bridgehead atoms. The summed E-state index contributed by atoms with van der Waals surface area (Å²) in [6, 6.07) is 3.51. The predicted molar refractivity (Wildman–Crippen MR) is 95.1 cm³/mol. The lowest BCUT2D eigenvalue weighted by Gasteiger charge is -2.45. The molecule has 1 heterocycles. The van der Waals surface area contributed by atoms with E-state index in [1.807, 2.05) is 5.43 Å². The number of para-hydroxylation sites is 1. The monoisotopic (exact) mass is 397 g/mol. The Bertz CT molecular complexity index is 875. The molecule has 1 fully saturated rings. The number of rotatable bonds is 7. The first-order valence-corrected chi connectivity index (χ1v) is 9.08. The van der Waals surface area contributed by atoms with Crippen molar-refractivity contribution in [1.29, 1.82) is 0 Å². The molecule has 10 nitrogen and oxygen atoms in total. The van der Waals surface area contributed by atoms with Crippen LogP contribution in [0.25, 0.3) is 0 Å². The van der Waals surface area contributed by atoms with E-state index in [1.54, 1.807) is 6.92 Å². The van der Waals surface area contributed by atoms with E-state index >= 15 is 0 Å². The van der Waals surface area contributed by atoms with E-state index in [0.29, 0.717) is 0 Å². The van der Waals surface area contributed by atoms with Crippen molar-refractivity contribution in [3.05, 3.63) is 29.8 Å². The molecule has 27 heavy (non-hydrogen) atoms. The molecule has 2 amide bonds. The van der Waals surface area contributed by atoms with Gasteiger partial charge in [-0.1, -0.05) is 12.1 Å². The van der Waals surface area contributed by atoms with Gasteiger partial charge in [-0.3, -0.25) is 9.59 Å². The molecule has 11 heteroatoms. The van der Waals surface area contributed by atoms with Crippen LogP contribution in [0.5, 0.6) is 5.75 Å². The number of aromatic hydroxyl groups is 1. The molecule has 3 atom stereocenters. The van der Waals surface area contributed by atoms with Gasteiger partial charge in [-0.25, -0.2) is 18.6 Å². The van der Waals surface area contributed by atoms with Crippen molar-refractivity contribution in [2.24, 2.45) is 5.10 Å². The van der Waals surface area contributed by atoms with Gasteiger partial charge in [0.2, 0.25) is 5.91 Å². The number of amides is 2. The van der Waals surface area contributed by atoms with Gasteiger partial charge in [0.05, 0.1) is 5.56 Å². The smallest absolute Gasteiger partial charge is 0.328 e. The number of hydrazone groups is 1. The van der Waals surface area contributed by atoms with Crippen LogP contribution in [0.4, 0.5) is 0 Å². The molecule has 0 saturated carbocycles. The third-order valence-corrected chi connectivity index (χ3v) is 5.48. The van der Waals surface area contributed by atoms with Crippen molar-refractivity contribution in [3.63, 3.8) is 0 Å². The van der Waals surface area contributed by atoms with Gasteiger partial charge in [0.15, 0.2) is 16.7 Å². The number of thiol groups is 1. The molecule has 146 valence electrons. The number of nitrogens with zero attached hydrogens (tertiary/aromatic N) is 2. The van der Waals surface area contributed by atoms with Crippen LogP contribution in [0.2, 0.25) is 0 Å². The fourth-order valence-corrected chi connectivity index (χ4v) is 3.39. The standard InChI is InChI=1S/C16H19N3O7S/c1-9-7-12(21)19(9)13(15(23)24)16(2,27(25)26)8-17-18-14(22)10-5-3-4-6-11(10)20/h3-6,8-9,13,20,27H,7H2,1-2H3,(H,18,22)(H,23,24)/b17-8+/t9-,13+,16+/m1/s1. The minimum absolute atomic E-state index is 0.0933. The first-order chi connectivity index (χ1) is 12.6. The number of benzene rings is 1. The normalized spacial score (nSPS) is 20.2. The summed E-state index contributed by atoms with van der Waals surface area (Å²) in [4.78, 5) is 36.5. The third kappa shape index (κ3) is 3.92. The number of carboxylic acids is 1. The summed E-state index contributed by atoms with van der Waals surface area (Å²) in [5.74, 6) is -3.10. The lowest BCUT2D eigenvalue weighted by Crippen LogP contribution is -2.66. The fourth-order valence-electron chi connectivity index (χ4n) is 2.80. The van der Waals surface area contributed by atoms with Gasteiger partial charge in [0.1, 0.15) is 10.5 Å². The number of carbonyl (C=O) groups is 3. The number of carbonyl (C=O) groups excluding carboxylic acids is 2. The van der Waals surface area contributed by atoms with Gasteiger partial charge >= 0.3 is 5.97 Å². The molecular weight excluding hydrogens is 378 g/mol. The van der Waals surface area contributed by atoms with Gasteiger partial charge in [-0.05, 0) is 26.0 Å². The topological polar surface area (TPSA) is 153 Å². The van der Waals surface area contributed by atoms with E-state index in [-0.39, 0.29) is 17.7 Å². The highest BCUT2D eigenvalue weighted by atomic mass is 32.2. The average Bonchev–Trinajstić information content (AvgIpc) is 2.59. The first kappa shape index (κ1) is 20.4. The Kier molecular flexibility index (Phi) is 5.84. The molecule has 0 aliphatic carbocycles. The largest absolute Gasteiger partial charge is 0.507 e. The van der Waals surface area contributed by atoms with Crippen molar-refractivity contribution < 1.29 is 33.0 Å². The van der Waals surface area contributed by atoms with Crippen LogP contribution < -0.4 is 5.43 Å². The van der Waals surface area contributed by atoms with Gasteiger partial charge in [0.25, 0.3) is 5.91 Å². The van der Waals surface area contributed by atoms with E-state index in [1.165, 1.54) is 24.3 Å². The molecule has 0 aromatic heterocycles. The Hall–Kier alpha value is -2.95. The molecule has 1 aromatic rings. The summed E-state index contributed by atoms with van der Waals surface area (Å²) in [7, 11) is -3.38. The molecule has 0 unspecified atom stereocenters. The zero-order chi connectivity index (χ0) is 20.4. The van der Waals surface area contributed by atoms with Crippen molar-refractivity contribution >= 4 is 34.7 Å². The van der Waals surface area contributed by atoms with E-state index in [0.717, 1.165) is 18.0 Å². The first-order valence-electron chi connectivity index (χ1n) is 7.90. The molecule has 0 radical (unpaired) electrons. The van der Waals surface area contributed by atoms with E-state index in [9.17, 15) is 33.0 Å². The molecule has 2 rings (SSSR count). The Morgan fingerprint density at radius 3 is 2.52 bits per heavy atom. The molecule has 1 aromatic carbocycles. The highest BCUT2D eigenvalue weighted by molar-refractivity contribution is 7.75. The number of nitrogens with one attached hydrogen (secondary N) is 1. The molecular formula is C16H19N3O7S. The molecule has 3 N–H and O–H groups in total. The molecule has 0 spiro atoms. The minimum Gasteiger partial charge on any atom is -0.507 e. The number of carboxylic acid groups (broad SMARTS) is 1. The van der Waals surface area contributed by atoms with Crippen LogP contribution in [0.3, 0.4) is 0 Å². The average molecular weight is 397 g/mol. The van der Waals surface area contributed by atoms with Crippen molar-refractivity contribution in [3.8, 4) is 5.75 Å². The SMILES string of the molecule is C[C@@H]1CC(=O)N1[C@@H](C(=O)O)[C@](C)(/C=N/NC(=O)c1ccccc1O)[SH](=O)=O. The van der Waals surface area contributed by atoms with Crippen LogP contribution in [-0.4, -0.2) is 64.4 Å². The Morgan fingerprint density at radius 2 is 2.04 bits per heavy atom.